The first-order valence-electron chi connectivity index (χ1n) is 19.8. The molecule has 0 aromatic rings. The molecule has 3 unspecified atom stereocenters. The Morgan fingerprint density at radius 1 is 0.913 bits per heavy atom. The van der Waals surface area contributed by atoms with Crippen molar-refractivity contribution in [3.8, 4) is 0 Å². The van der Waals surface area contributed by atoms with Crippen molar-refractivity contribution in [3.63, 3.8) is 0 Å². The summed E-state index contributed by atoms with van der Waals surface area (Å²) in [6, 6.07) is -0.228. The summed E-state index contributed by atoms with van der Waals surface area (Å²) in [7, 11) is 0. The normalized spacial score (nSPS) is 33.7. The van der Waals surface area contributed by atoms with E-state index < -0.39 is 0 Å². The number of unbranched alkanes of at least 4 members (excludes halogenated alkanes) is 1. The first kappa shape index (κ1) is 37.9. The first-order chi connectivity index (χ1) is 22.0. The lowest BCUT2D eigenvalue weighted by molar-refractivity contribution is -0.157. The Kier molecular flexibility index (Phi) is 14.5. The molecular formula is C40H74N4O2. The van der Waals surface area contributed by atoms with Gasteiger partial charge in [0, 0.05) is 13.0 Å². The molecule has 4 aliphatic rings. The van der Waals surface area contributed by atoms with Crippen molar-refractivity contribution in [1.82, 2.24) is 10.2 Å². The van der Waals surface area contributed by atoms with Gasteiger partial charge in [-0.3, -0.25) is 9.69 Å². The molecule has 6 nitrogen and oxygen atoms in total. The summed E-state index contributed by atoms with van der Waals surface area (Å²) in [4.78, 5) is 15.8. The van der Waals surface area contributed by atoms with Crippen molar-refractivity contribution in [3.05, 3.63) is 11.6 Å². The fourth-order valence-corrected chi connectivity index (χ4v) is 10.9. The zero-order valence-corrected chi connectivity index (χ0v) is 31.0. The number of hydrogen-bond acceptors (Lipinski definition) is 6. The molecule has 0 aliphatic heterocycles. The second-order valence-corrected chi connectivity index (χ2v) is 17.0. The standard InChI is InChI=1S/C40H74N4O2/c1-29(2)12-9-13-30(3)35-16-17-36-34-15-14-32-28-33(18-20-39(32,5)37(34)19-21-40(35,36)6)46-38(45)31(4)44(27-11-23-42)26-8-7-24-43-25-10-22-41/h14,29-31,33-37,43H,7-13,15-28,41-42H2,1-6H3/t30-,31?,33+,34+,35-,36?,37?,39+,40-/m1/s1. The van der Waals surface area contributed by atoms with Gasteiger partial charge < -0.3 is 21.5 Å². The molecule has 0 heterocycles. The third kappa shape index (κ3) is 8.98. The van der Waals surface area contributed by atoms with E-state index in [0.29, 0.717) is 12.0 Å². The van der Waals surface area contributed by atoms with Crippen LogP contribution in [-0.4, -0.2) is 62.3 Å². The topological polar surface area (TPSA) is 93.6 Å². The van der Waals surface area contributed by atoms with E-state index in [4.69, 9.17) is 16.2 Å². The molecule has 0 saturated heterocycles. The van der Waals surface area contributed by atoms with E-state index in [0.717, 1.165) is 107 Å². The maximum absolute atomic E-state index is 13.5. The molecule has 5 N–H and O–H groups in total. The molecule has 0 aromatic carbocycles. The molecule has 0 radical (unpaired) electrons. The van der Waals surface area contributed by atoms with Crippen LogP contribution >= 0.6 is 0 Å². The second-order valence-electron chi connectivity index (χ2n) is 17.0. The molecule has 9 atom stereocenters. The molecule has 46 heavy (non-hydrogen) atoms. The molecule has 0 spiro atoms. The van der Waals surface area contributed by atoms with Gasteiger partial charge in [0.05, 0.1) is 0 Å². The van der Waals surface area contributed by atoms with Crippen molar-refractivity contribution in [2.24, 2.45) is 57.8 Å². The number of rotatable bonds is 19. The number of nitrogens with two attached hydrogens (primary N) is 2. The molecule has 3 saturated carbocycles. The summed E-state index contributed by atoms with van der Waals surface area (Å²) < 4.78 is 6.31. The number of fused-ring (bicyclic) bond motifs is 5. The lowest BCUT2D eigenvalue weighted by atomic mass is 9.47. The number of ether oxygens (including phenoxy) is 1. The van der Waals surface area contributed by atoms with Crippen LogP contribution in [0.3, 0.4) is 0 Å². The minimum Gasteiger partial charge on any atom is -0.461 e. The first-order valence-corrected chi connectivity index (χ1v) is 19.8. The van der Waals surface area contributed by atoms with Crippen LogP contribution in [0.15, 0.2) is 11.6 Å². The Hall–Kier alpha value is -0.950. The van der Waals surface area contributed by atoms with Crippen LogP contribution in [0.25, 0.3) is 0 Å². The van der Waals surface area contributed by atoms with E-state index in [1.54, 1.807) is 5.57 Å². The van der Waals surface area contributed by atoms with E-state index in [9.17, 15) is 4.79 Å². The lowest BCUT2D eigenvalue weighted by Gasteiger charge is -2.58. The quantitative estimate of drug-likeness (QED) is 0.0760. The van der Waals surface area contributed by atoms with Crippen LogP contribution in [0.4, 0.5) is 0 Å². The minimum absolute atomic E-state index is 0.0188. The van der Waals surface area contributed by atoms with Gasteiger partial charge in [0.25, 0.3) is 0 Å². The van der Waals surface area contributed by atoms with E-state index in [2.05, 4.69) is 50.9 Å². The smallest absolute Gasteiger partial charge is 0.323 e. The highest BCUT2D eigenvalue weighted by Gasteiger charge is 2.59. The summed E-state index contributed by atoms with van der Waals surface area (Å²) in [5, 5.41) is 3.47. The Balaban J connectivity index is 1.31. The Bertz CT molecular complexity index is 969. The maximum Gasteiger partial charge on any atom is 0.323 e. The molecule has 0 bridgehead atoms. The third-order valence-corrected chi connectivity index (χ3v) is 13.7. The van der Waals surface area contributed by atoms with Crippen molar-refractivity contribution in [2.75, 3.05) is 39.3 Å². The van der Waals surface area contributed by atoms with Gasteiger partial charge in [-0.1, -0.05) is 65.5 Å². The largest absolute Gasteiger partial charge is 0.461 e. The number of esters is 1. The van der Waals surface area contributed by atoms with Crippen LogP contribution in [0, 0.1) is 46.3 Å². The van der Waals surface area contributed by atoms with Gasteiger partial charge in [-0.05, 0) is 157 Å². The molecule has 0 amide bonds. The maximum atomic E-state index is 13.5. The van der Waals surface area contributed by atoms with Crippen molar-refractivity contribution in [1.29, 1.82) is 0 Å². The minimum atomic E-state index is -0.228. The second kappa shape index (κ2) is 17.6. The molecule has 3 fully saturated rings. The zero-order valence-electron chi connectivity index (χ0n) is 31.0. The highest BCUT2D eigenvalue weighted by Crippen LogP contribution is 2.67. The van der Waals surface area contributed by atoms with Crippen LogP contribution in [0.1, 0.15) is 138 Å². The van der Waals surface area contributed by atoms with Gasteiger partial charge in [-0.2, -0.15) is 0 Å². The molecule has 6 heteroatoms. The molecule has 266 valence electrons. The SMILES string of the molecule is CC(C)CCC[C@@H](C)[C@H]1CCC2[C@@H]3CC=C4C[C@@H](OC(=O)C(C)N(CCCN)CCCCNCCCN)CC[C@]4(C)C3CC[C@@]21C. The van der Waals surface area contributed by atoms with E-state index >= 15 is 0 Å². The van der Waals surface area contributed by atoms with Crippen LogP contribution < -0.4 is 16.8 Å². The molecular weight excluding hydrogens is 568 g/mol. The Morgan fingerprint density at radius 2 is 1.65 bits per heavy atom. The molecule has 4 rings (SSSR count). The number of carbonyl (C=O) groups is 1. The van der Waals surface area contributed by atoms with Crippen molar-refractivity contribution in [2.45, 2.75) is 150 Å². The van der Waals surface area contributed by atoms with Gasteiger partial charge in [-0.25, -0.2) is 0 Å². The van der Waals surface area contributed by atoms with E-state index in [-0.39, 0.29) is 23.5 Å². The average Bonchev–Trinajstić information content (AvgIpc) is 3.39. The third-order valence-electron chi connectivity index (χ3n) is 13.7. The van der Waals surface area contributed by atoms with Crippen LogP contribution in [0.2, 0.25) is 0 Å². The Morgan fingerprint density at radius 3 is 2.39 bits per heavy atom. The van der Waals surface area contributed by atoms with E-state index in [1.165, 1.54) is 57.8 Å². The monoisotopic (exact) mass is 643 g/mol. The highest BCUT2D eigenvalue weighted by molar-refractivity contribution is 5.75. The van der Waals surface area contributed by atoms with Gasteiger partial charge >= 0.3 is 5.97 Å². The molecule has 0 aromatic heterocycles. The van der Waals surface area contributed by atoms with Crippen LogP contribution in [0.5, 0.6) is 0 Å². The summed E-state index contributed by atoms with van der Waals surface area (Å²) in [6.45, 7) is 19.7. The van der Waals surface area contributed by atoms with Gasteiger partial charge in [0.2, 0.25) is 0 Å². The fraction of sp³-hybridized carbons (Fsp3) is 0.925. The average molecular weight is 643 g/mol. The number of hydrogen-bond donors (Lipinski definition) is 3. The number of nitrogens with zero attached hydrogens (tertiary/aromatic N) is 1. The Labute approximate surface area is 284 Å². The number of allylic oxidation sites excluding steroid dienone is 1. The summed E-state index contributed by atoms with van der Waals surface area (Å²) in [5.41, 5.74) is 13.9. The van der Waals surface area contributed by atoms with Gasteiger partial charge in [0.15, 0.2) is 0 Å². The summed E-state index contributed by atoms with van der Waals surface area (Å²) in [5.74, 6) is 5.07. The van der Waals surface area contributed by atoms with Gasteiger partial charge in [-0.15, -0.1) is 0 Å². The van der Waals surface area contributed by atoms with Crippen LogP contribution in [-0.2, 0) is 9.53 Å². The van der Waals surface area contributed by atoms with Crippen molar-refractivity contribution < 1.29 is 9.53 Å². The summed E-state index contributed by atoms with van der Waals surface area (Å²) >= 11 is 0. The number of nitrogens with one attached hydrogen (secondary N) is 1. The van der Waals surface area contributed by atoms with Gasteiger partial charge in [0.1, 0.15) is 12.1 Å². The van der Waals surface area contributed by atoms with Crippen molar-refractivity contribution >= 4 is 5.97 Å². The predicted molar refractivity (Wildman–Crippen MR) is 193 cm³/mol. The summed E-state index contributed by atoms with van der Waals surface area (Å²) in [6.07, 6.45) is 21.0. The number of carbonyl (C=O) groups excluding carboxylic acids is 1. The fourth-order valence-electron chi connectivity index (χ4n) is 10.9. The molecule has 4 aliphatic carbocycles. The predicted octanol–water partition coefficient (Wildman–Crippen LogP) is 7.70. The highest BCUT2D eigenvalue weighted by atomic mass is 16.5. The van der Waals surface area contributed by atoms with E-state index in [1.807, 2.05) is 6.92 Å². The zero-order chi connectivity index (χ0) is 33.3. The lowest BCUT2D eigenvalue weighted by Crippen LogP contribution is -2.51.